The molecule has 1 aromatic carbocycles. The molecule has 0 radical (unpaired) electrons. The summed E-state index contributed by atoms with van der Waals surface area (Å²) in [6.07, 6.45) is 1.67. The van der Waals surface area contributed by atoms with E-state index < -0.39 is 11.9 Å². The number of esters is 1. The van der Waals surface area contributed by atoms with Crippen LogP contribution in [0.25, 0.3) is 0 Å². The highest BCUT2D eigenvalue weighted by Crippen LogP contribution is 2.28. The van der Waals surface area contributed by atoms with Gasteiger partial charge in [-0.15, -0.1) is 0 Å². The van der Waals surface area contributed by atoms with Gasteiger partial charge in [0, 0.05) is 43.1 Å². The Kier molecular flexibility index (Phi) is 4.53. The molecule has 5 nitrogen and oxygen atoms in total. The average Bonchev–Trinajstić information content (AvgIpc) is 2.38. The van der Waals surface area contributed by atoms with Gasteiger partial charge in [0.15, 0.2) is 5.78 Å². The Labute approximate surface area is 128 Å². The van der Waals surface area contributed by atoms with E-state index in [2.05, 4.69) is 5.32 Å². The van der Waals surface area contributed by atoms with Gasteiger partial charge in [-0.1, -0.05) is 11.6 Å². The first-order valence-corrected chi connectivity index (χ1v) is 6.90. The molecule has 6 heteroatoms. The summed E-state index contributed by atoms with van der Waals surface area (Å²) in [6.45, 7) is 1.89. The summed E-state index contributed by atoms with van der Waals surface area (Å²) in [5.41, 5.74) is 1.11. The molecule has 1 aliphatic rings. The number of rotatable bonds is 3. The van der Waals surface area contributed by atoms with E-state index in [1.54, 1.807) is 36.2 Å². The van der Waals surface area contributed by atoms with E-state index in [1.807, 2.05) is 14.1 Å². The predicted octanol–water partition coefficient (Wildman–Crippen LogP) is 2.53. The van der Waals surface area contributed by atoms with Gasteiger partial charge >= 0.3 is 5.97 Å². The Morgan fingerprint density at radius 1 is 1.48 bits per heavy atom. The van der Waals surface area contributed by atoms with Gasteiger partial charge in [0.25, 0.3) is 0 Å². The number of carbonyl (C=O) groups is 2. The highest BCUT2D eigenvalue weighted by atomic mass is 35.5. The van der Waals surface area contributed by atoms with Crippen molar-refractivity contribution in [1.29, 1.82) is 0 Å². The number of fused-ring (bicyclic) bond motifs is 1. The molecule has 0 saturated heterocycles. The molecule has 0 amide bonds. The quantitative estimate of drug-likeness (QED) is 0.528. The fourth-order valence-corrected chi connectivity index (χ4v) is 2.35. The molecular weight excluding hydrogens is 292 g/mol. The Morgan fingerprint density at radius 2 is 2.19 bits per heavy atom. The molecule has 0 spiro atoms. The van der Waals surface area contributed by atoms with Crippen molar-refractivity contribution in [3.63, 3.8) is 0 Å². The van der Waals surface area contributed by atoms with Gasteiger partial charge in [-0.25, -0.2) is 0 Å². The summed E-state index contributed by atoms with van der Waals surface area (Å²) in [4.78, 5) is 26.3. The number of allylic oxidation sites excluding steroid dienone is 1. The molecule has 0 fully saturated rings. The Hall–Kier alpha value is -2.01. The zero-order valence-electron chi connectivity index (χ0n) is 12.1. The van der Waals surface area contributed by atoms with Crippen LogP contribution in [0.3, 0.4) is 0 Å². The van der Waals surface area contributed by atoms with E-state index in [9.17, 15) is 9.59 Å². The molecule has 1 heterocycles. The van der Waals surface area contributed by atoms with Crippen LogP contribution >= 0.6 is 11.6 Å². The second-order valence-corrected chi connectivity index (χ2v) is 5.55. The maximum atomic E-state index is 12.4. The molecule has 0 saturated carbocycles. The summed E-state index contributed by atoms with van der Waals surface area (Å²) in [5.74, 6) is -1.25. The lowest BCUT2D eigenvalue weighted by Crippen LogP contribution is -2.36. The number of halogens is 1. The van der Waals surface area contributed by atoms with E-state index in [0.717, 1.165) is 0 Å². The minimum Gasteiger partial charge on any atom is -0.429 e. The first-order valence-electron chi connectivity index (χ1n) is 6.52. The number of Topliss-reactive ketones (excluding diaryl/α,β-unsaturated/α-hetero) is 1. The molecule has 1 aliphatic heterocycles. The number of hydrogen-bond donors (Lipinski definition) is 1. The van der Waals surface area contributed by atoms with Crippen LogP contribution < -0.4 is 5.32 Å². The number of ketones is 1. The van der Waals surface area contributed by atoms with Crippen LogP contribution in [0.15, 0.2) is 30.2 Å². The van der Waals surface area contributed by atoms with Crippen LogP contribution in [0.5, 0.6) is 0 Å². The summed E-state index contributed by atoms with van der Waals surface area (Å²) in [6, 6.07) is 4.99. The van der Waals surface area contributed by atoms with Crippen LogP contribution in [0.1, 0.15) is 17.3 Å². The fraction of sp³-hybridized carbons (Fsp3) is 0.333. The van der Waals surface area contributed by atoms with Gasteiger partial charge in [-0.2, -0.15) is 0 Å². The molecule has 0 bridgehead atoms. The molecule has 21 heavy (non-hydrogen) atoms. The van der Waals surface area contributed by atoms with Crippen molar-refractivity contribution in [2.24, 2.45) is 5.92 Å². The lowest BCUT2D eigenvalue weighted by Gasteiger charge is -2.24. The zero-order valence-corrected chi connectivity index (χ0v) is 12.9. The first kappa shape index (κ1) is 15.4. The zero-order chi connectivity index (χ0) is 15.6. The molecule has 0 aromatic heterocycles. The minimum atomic E-state index is -0.860. The second kappa shape index (κ2) is 6.18. The monoisotopic (exact) mass is 308 g/mol. The van der Waals surface area contributed by atoms with Crippen molar-refractivity contribution < 1.29 is 14.3 Å². The maximum Gasteiger partial charge on any atom is 0.323 e. The lowest BCUT2D eigenvalue weighted by atomic mass is 9.92. The number of nitrogens with one attached hydrogen (secondary N) is 1. The van der Waals surface area contributed by atoms with E-state index in [0.29, 0.717) is 22.0 Å². The van der Waals surface area contributed by atoms with Crippen LogP contribution in [0.2, 0.25) is 5.02 Å². The standard InChI is InChI=1S/C15H17ClN2O3/c1-9(8-18(2)3)21-15(20)12-7-17-13-5-4-10(16)6-11(13)14(12)19/h4-6,8,12,17H,7H2,1-3H3/b9-8+. The second-order valence-electron chi connectivity index (χ2n) is 5.11. The van der Waals surface area contributed by atoms with Gasteiger partial charge in [0.1, 0.15) is 11.7 Å². The highest BCUT2D eigenvalue weighted by molar-refractivity contribution is 6.31. The molecule has 1 N–H and O–H groups in total. The van der Waals surface area contributed by atoms with Crippen LogP contribution in [-0.2, 0) is 9.53 Å². The largest absolute Gasteiger partial charge is 0.429 e. The summed E-state index contributed by atoms with van der Waals surface area (Å²) in [7, 11) is 3.64. The van der Waals surface area contributed by atoms with Crippen molar-refractivity contribution in [1.82, 2.24) is 4.90 Å². The highest BCUT2D eigenvalue weighted by Gasteiger charge is 2.34. The molecule has 1 aromatic rings. The van der Waals surface area contributed by atoms with Crippen LogP contribution in [0, 0.1) is 5.92 Å². The van der Waals surface area contributed by atoms with Crippen molar-refractivity contribution in [3.8, 4) is 0 Å². The van der Waals surface area contributed by atoms with Crippen molar-refractivity contribution in [2.75, 3.05) is 26.0 Å². The molecule has 2 rings (SSSR count). The third-order valence-electron chi connectivity index (χ3n) is 3.05. The molecule has 112 valence electrons. The molecule has 1 atom stereocenters. The van der Waals surface area contributed by atoms with Crippen molar-refractivity contribution in [2.45, 2.75) is 6.92 Å². The lowest BCUT2D eigenvalue weighted by molar-refractivity contribution is -0.142. The topological polar surface area (TPSA) is 58.6 Å². The summed E-state index contributed by atoms with van der Waals surface area (Å²) >= 11 is 5.90. The Morgan fingerprint density at radius 3 is 2.86 bits per heavy atom. The Balaban J connectivity index is 2.16. The normalized spacial score (nSPS) is 17.8. The molecule has 0 aliphatic carbocycles. The number of anilines is 1. The van der Waals surface area contributed by atoms with E-state index in [-0.39, 0.29) is 12.3 Å². The third kappa shape index (κ3) is 3.55. The number of carbonyl (C=O) groups excluding carboxylic acids is 2. The summed E-state index contributed by atoms with van der Waals surface area (Å²) < 4.78 is 5.20. The maximum absolute atomic E-state index is 12.4. The van der Waals surface area contributed by atoms with Gasteiger partial charge in [-0.05, 0) is 25.1 Å². The molecule has 1 unspecified atom stereocenters. The SMILES string of the molecule is C/C(=C\N(C)C)OC(=O)C1CNc2ccc(Cl)cc2C1=O. The number of benzene rings is 1. The minimum absolute atomic E-state index is 0.224. The number of nitrogens with zero attached hydrogens (tertiary/aromatic N) is 1. The molecular formula is C15H17ClN2O3. The van der Waals surface area contributed by atoms with E-state index in [4.69, 9.17) is 16.3 Å². The van der Waals surface area contributed by atoms with Gasteiger partial charge < -0.3 is 15.0 Å². The smallest absolute Gasteiger partial charge is 0.323 e. The van der Waals surface area contributed by atoms with Gasteiger partial charge in [0.2, 0.25) is 0 Å². The van der Waals surface area contributed by atoms with E-state index in [1.165, 1.54) is 0 Å². The third-order valence-corrected chi connectivity index (χ3v) is 3.28. The number of ether oxygens (including phenoxy) is 1. The van der Waals surface area contributed by atoms with Gasteiger partial charge in [0.05, 0.1) is 0 Å². The van der Waals surface area contributed by atoms with Crippen LogP contribution in [-0.4, -0.2) is 37.3 Å². The van der Waals surface area contributed by atoms with Crippen molar-refractivity contribution in [3.05, 3.63) is 40.7 Å². The predicted molar refractivity (Wildman–Crippen MR) is 81.3 cm³/mol. The van der Waals surface area contributed by atoms with E-state index >= 15 is 0 Å². The van der Waals surface area contributed by atoms with Crippen LogP contribution in [0.4, 0.5) is 5.69 Å². The average molecular weight is 309 g/mol. The fourth-order valence-electron chi connectivity index (χ4n) is 2.18. The first-order chi connectivity index (χ1) is 9.88. The number of hydrogen-bond acceptors (Lipinski definition) is 5. The van der Waals surface area contributed by atoms with Crippen molar-refractivity contribution >= 4 is 29.0 Å². The summed E-state index contributed by atoms with van der Waals surface area (Å²) in [5, 5.41) is 3.51. The van der Waals surface area contributed by atoms with Gasteiger partial charge in [-0.3, -0.25) is 9.59 Å². The Bertz CT molecular complexity index is 611.